The van der Waals surface area contributed by atoms with E-state index < -0.39 is 11.7 Å². The first-order valence-corrected chi connectivity index (χ1v) is 6.86. The zero-order chi connectivity index (χ0) is 14.5. The average Bonchev–Trinajstić information content (AvgIpc) is 2.43. The Balaban J connectivity index is 2.22. The zero-order valence-corrected chi connectivity index (χ0v) is 12.4. The van der Waals surface area contributed by atoms with Crippen molar-refractivity contribution in [1.29, 1.82) is 0 Å². The molecule has 0 fully saturated rings. The van der Waals surface area contributed by atoms with E-state index in [0.717, 1.165) is 12.2 Å². The predicted octanol–water partition coefficient (Wildman–Crippen LogP) is 3.67. The summed E-state index contributed by atoms with van der Waals surface area (Å²) in [6, 6.07) is 7.87. The Bertz CT molecular complexity index is 613. The number of nitrogens with zero attached hydrogens (tertiary/aromatic N) is 1. The van der Waals surface area contributed by atoms with Crippen LogP contribution in [0.2, 0.25) is 0 Å². The van der Waals surface area contributed by atoms with Gasteiger partial charge in [-0.3, -0.25) is 9.78 Å². The topological polar surface area (TPSA) is 54.0 Å². The fourth-order valence-corrected chi connectivity index (χ4v) is 2.10. The quantitative estimate of drug-likeness (QED) is 0.894. The second kappa shape index (κ2) is 6.47. The summed E-state index contributed by atoms with van der Waals surface area (Å²) < 4.78 is 14.1. The van der Waals surface area contributed by atoms with Gasteiger partial charge in [-0.15, -0.1) is 0 Å². The van der Waals surface area contributed by atoms with Gasteiger partial charge in [0.1, 0.15) is 11.5 Å². The predicted molar refractivity (Wildman–Crippen MR) is 80.5 cm³/mol. The van der Waals surface area contributed by atoms with Crippen LogP contribution in [0.1, 0.15) is 17.4 Å². The van der Waals surface area contributed by atoms with Crippen molar-refractivity contribution in [2.75, 3.05) is 17.2 Å². The minimum absolute atomic E-state index is 0.105. The van der Waals surface area contributed by atoms with E-state index >= 15 is 0 Å². The Hall–Kier alpha value is -1.95. The number of aromatic nitrogens is 1. The van der Waals surface area contributed by atoms with Gasteiger partial charge in [-0.2, -0.15) is 0 Å². The van der Waals surface area contributed by atoms with Crippen LogP contribution in [0.15, 0.2) is 41.0 Å². The number of amides is 1. The first-order valence-electron chi connectivity index (χ1n) is 6.07. The molecule has 0 spiro atoms. The second-order valence-electron chi connectivity index (χ2n) is 4.01. The van der Waals surface area contributed by atoms with E-state index in [1.54, 1.807) is 24.3 Å². The highest BCUT2D eigenvalue weighted by Gasteiger charge is 2.13. The Labute approximate surface area is 124 Å². The Morgan fingerprint density at radius 2 is 2.20 bits per heavy atom. The van der Waals surface area contributed by atoms with Gasteiger partial charge in [-0.25, -0.2) is 4.39 Å². The maximum Gasteiger partial charge on any atom is 0.274 e. The first-order chi connectivity index (χ1) is 9.61. The maximum absolute atomic E-state index is 13.6. The molecule has 0 atom stereocenters. The molecule has 6 heteroatoms. The van der Waals surface area contributed by atoms with E-state index in [1.165, 1.54) is 12.3 Å². The molecule has 104 valence electrons. The van der Waals surface area contributed by atoms with Gasteiger partial charge < -0.3 is 10.6 Å². The third kappa shape index (κ3) is 3.33. The number of anilines is 2. The minimum Gasteiger partial charge on any atom is -0.385 e. The number of hydrogen-bond donors (Lipinski definition) is 2. The first kappa shape index (κ1) is 14.5. The summed E-state index contributed by atoms with van der Waals surface area (Å²) in [5.74, 6) is -0.967. The van der Waals surface area contributed by atoms with Crippen LogP contribution in [0.5, 0.6) is 0 Å². The van der Waals surface area contributed by atoms with E-state index in [1.807, 2.05) is 6.92 Å². The highest BCUT2D eigenvalue weighted by molar-refractivity contribution is 9.10. The number of pyridine rings is 1. The van der Waals surface area contributed by atoms with Crippen LogP contribution >= 0.6 is 15.9 Å². The molecule has 20 heavy (non-hydrogen) atoms. The van der Waals surface area contributed by atoms with Crippen molar-refractivity contribution in [3.8, 4) is 0 Å². The van der Waals surface area contributed by atoms with Crippen LogP contribution in [-0.2, 0) is 0 Å². The molecule has 0 aliphatic carbocycles. The van der Waals surface area contributed by atoms with Crippen LogP contribution in [0.4, 0.5) is 15.8 Å². The molecule has 2 aromatic rings. The number of hydrogen-bond acceptors (Lipinski definition) is 3. The number of benzene rings is 1. The minimum atomic E-state index is -0.504. The summed E-state index contributed by atoms with van der Waals surface area (Å²) in [5.41, 5.74) is 1.12. The number of nitrogens with one attached hydrogen (secondary N) is 2. The molecule has 0 radical (unpaired) electrons. The zero-order valence-electron chi connectivity index (χ0n) is 10.8. The highest BCUT2D eigenvalue weighted by atomic mass is 79.9. The molecule has 0 aliphatic heterocycles. The lowest BCUT2D eigenvalue weighted by atomic mass is 10.2. The molecule has 2 rings (SSSR count). The van der Waals surface area contributed by atoms with Gasteiger partial charge in [-0.1, -0.05) is 6.07 Å². The number of carbonyl (C=O) groups excluding carboxylic acids is 1. The van der Waals surface area contributed by atoms with Gasteiger partial charge in [0.15, 0.2) is 0 Å². The maximum atomic E-state index is 13.6. The molecule has 0 saturated heterocycles. The lowest BCUT2D eigenvalue weighted by molar-refractivity contribution is 0.102. The van der Waals surface area contributed by atoms with E-state index in [0.29, 0.717) is 4.47 Å². The summed E-state index contributed by atoms with van der Waals surface area (Å²) in [6.45, 7) is 2.70. The molecule has 1 aromatic carbocycles. The molecular weight excluding hydrogens is 325 g/mol. The number of carbonyl (C=O) groups is 1. The Morgan fingerprint density at radius 1 is 1.40 bits per heavy atom. The third-order valence-corrected chi connectivity index (χ3v) is 3.24. The summed E-state index contributed by atoms with van der Waals surface area (Å²) in [7, 11) is 0. The molecule has 4 nitrogen and oxygen atoms in total. The van der Waals surface area contributed by atoms with Crippen molar-refractivity contribution < 1.29 is 9.18 Å². The van der Waals surface area contributed by atoms with Crippen molar-refractivity contribution in [1.82, 2.24) is 4.98 Å². The molecular formula is C14H13BrFN3O. The molecule has 2 N–H and O–H groups in total. The SMILES string of the molecule is CCNc1ccnc(C(=O)Nc2c(F)cccc2Br)c1. The van der Waals surface area contributed by atoms with Crippen molar-refractivity contribution >= 4 is 33.2 Å². The van der Waals surface area contributed by atoms with Gasteiger partial charge in [0.05, 0.1) is 5.69 Å². The Morgan fingerprint density at radius 3 is 2.90 bits per heavy atom. The average molecular weight is 338 g/mol. The van der Waals surface area contributed by atoms with Crippen LogP contribution in [0.25, 0.3) is 0 Å². The second-order valence-corrected chi connectivity index (χ2v) is 4.87. The molecule has 0 saturated carbocycles. The van der Waals surface area contributed by atoms with Crippen molar-refractivity contribution in [2.45, 2.75) is 6.92 Å². The van der Waals surface area contributed by atoms with Gasteiger partial charge in [-0.05, 0) is 47.1 Å². The summed E-state index contributed by atoms with van der Waals surface area (Å²) in [5, 5.41) is 5.60. The number of para-hydroxylation sites is 1. The van der Waals surface area contributed by atoms with Crippen molar-refractivity contribution in [3.05, 3.63) is 52.5 Å². The van der Waals surface area contributed by atoms with Crippen LogP contribution in [0, 0.1) is 5.82 Å². The summed E-state index contributed by atoms with van der Waals surface area (Å²) in [4.78, 5) is 16.1. The van der Waals surface area contributed by atoms with Crippen molar-refractivity contribution in [3.63, 3.8) is 0 Å². The summed E-state index contributed by atoms with van der Waals surface area (Å²) >= 11 is 3.20. The molecule has 1 aromatic heterocycles. The molecule has 1 heterocycles. The summed E-state index contributed by atoms with van der Waals surface area (Å²) in [6.07, 6.45) is 1.53. The van der Waals surface area contributed by atoms with E-state index in [4.69, 9.17) is 0 Å². The van der Waals surface area contributed by atoms with E-state index in [2.05, 4.69) is 31.5 Å². The number of halogens is 2. The lowest BCUT2D eigenvalue weighted by Gasteiger charge is -2.09. The normalized spacial score (nSPS) is 10.2. The van der Waals surface area contributed by atoms with Crippen LogP contribution in [0.3, 0.4) is 0 Å². The van der Waals surface area contributed by atoms with Gasteiger partial charge in [0, 0.05) is 22.9 Å². The Kier molecular flexibility index (Phi) is 4.68. The van der Waals surface area contributed by atoms with Crippen LogP contribution in [-0.4, -0.2) is 17.4 Å². The van der Waals surface area contributed by atoms with E-state index in [9.17, 15) is 9.18 Å². The molecule has 1 amide bonds. The van der Waals surface area contributed by atoms with Gasteiger partial charge in [0.2, 0.25) is 0 Å². The molecule has 0 aliphatic rings. The monoisotopic (exact) mass is 337 g/mol. The standard InChI is InChI=1S/C14H13BrFN3O/c1-2-17-9-6-7-18-12(8-9)14(20)19-13-10(15)4-3-5-11(13)16/h3-8H,2H2,1H3,(H,17,18)(H,19,20). The smallest absolute Gasteiger partial charge is 0.274 e. The van der Waals surface area contributed by atoms with E-state index in [-0.39, 0.29) is 11.4 Å². The molecule has 0 bridgehead atoms. The van der Waals surface area contributed by atoms with Crippen molar-refractivity contribution in [2.24, 2.45) is 0 Å². The van der Waals surface area contributed by atoms with Gasteiger partial charge >= 0.3 is 0 Å². The lowest BCUT2D eigenvalue weighted by Crippen LogP contribution is -2.15. The molecule has 0 unspecified atom stereocenters. The highest BCUT2D eigenvalue weighted by Crippen LogP contribution is 2.25. The fraction of sp³-hybridized carbons (Fsp3) is 0.143. The largest absolute Gasteiger partial charge is 0.385 e. The third-order valence-electron chi connectivity index (χ3n) is 2.57. The number of rotatable bonds is 4. The fourth-order valence-electron chi connectivity index (χ4n) is 1.66. The van der Waals surface area contributed by atoms with Gasteiger partial charge in [0.25, 0.3) is 5.91 Å². The van der Waals surface area contributed by atoms with Crippen LogP contribution < -0.4 is 10.6 Å².